The van der Waals surface area contributed by atoms with E-state index >= 15 is 0 Å². The van der Waals surface area contributed by atoms with Crippen molar-refractivity contribution in [1.29, 1.82) is 0 Å². The van der Waals surface area contributed by atoms with E-state index in [-0.39, 0.29) is 6.42 Å². The fraction of sp³-hybridized carbons (Fsp3) is 0.600. The van der Waals surface area contributed by atoms with Gasteiger partial charge in [-0.1, -0.05) is 13.0 Å². The molecule has 6 heteroatoms. The number of hydrogen-bond donors (Lipinski definition) is 1. The highest BCUT2D eigenvalue weighted by atomic mass is 19.4. The quantitative estimate of drug-likeness (QED) is 0.845. The lowest BCUT2D eigenvalue weighted by Crippen LogP contribution is -2.31. The van der Waals surface area contributed by atoms with Crippen LogP contribution in [0.4, 0.5) is 13.2 Å². The molecule has 0 spiro atoms. The molecule has 21 heavy (non-hydrogen) atoms. The molecule has 0 aliphatic carbocycles. The molecule has 0 saturated heterocycles. The van der Waals surface area contributed by atoms with Crippen LogP contribution in [0.5, 0.6) is 0 Å². The number of alkyl halides is 3. The molecule has 0 amide bonds. The van der Waals surface area contributed by atoms with Crippen molar-refractivity contribution in [3.63, 3.8) is 0 Å². The summed E-state index contributed by atoms with van der Waals surface area (Å²) in [5.74, 6) is 1.71. The maximum atomic E-state index is 12.6. The Labute approximate surface area is 122 Å². The van der Waals surface area contributed by atoms with Gasteiger partial charge in [0.2, 0.25) is 0 Å². The van der Waals surface area contributed by atoms with Crippen LogP contribution in [0.25, 0.3) is 0 Å². The van der Waals surface area contributed by atoms with Crippen LogP contribution >= 0.6 is 0 Å². The lowest BCUT2D eigenvalue weighted by atomic mass is 10.1. The van der Waals surface area contributed by atoms with E-state index in [1.165, 1.54) is 6.08 Å². The molecule has 1 aliphatic rings. The van der Waals surface area contributed by atoms with E-state index in [0.717, 1.165) is 23.6 Å². The summed E-state index contributed by atoms with van der Waals surface area (Å²) in [5, 5.41) is 3.19. The average molecular weight is 302 g/mol. The molecule has 0 fully saturated rings. The zero-order valence-electron chi connectivity index (χ0n) is 12.4. The molecular formula is C15H21F3N2O. The first-order valence-corrected chi connectivity index (χ1v) is 7.17. The summed E-state index contributed by atoms with van der Waals surface area (Å²) in [7, 11) is 0. The Balaban J connectivity index is 1.94. The molecule has 0 saturated carbocycles. The summed E-state index contributed by atoms with van der Waals surface area (Å²) >= 11 is 0. The van der Waals surface area contributed by atoms with Crippen molar-refractivity contribution in [3.05, 3.63) is 34.8 Å². The van der Waals surface area contributed by atoms with E-state index in [4.69, 9.17) is 4.42 Å². The third-order valence-corrected chi connectivity index (χ3v) is 3.67. The molecule has 2 rings (SSSR count). The van der Waals surface area contributed by atoms with Crippen molar-refractivity contribution < 1.29 is 17.6 Å². The monoisotopic (exact) mass is 302 g/mol. The minimum atomic E-state index is -4.18. The second-order valence-electron chi connectivity index (χ2n) is 5.29. The number of halogens is 3. The Hall–Kier alpha value is -1.27. The zero-order valence-corrected chi connectivity index (χ0v) is 12.4. The van der Waals surface area contributed by atoms with E-state index in [2.05, 4.69) is 5.32 Å². The molecule has 1 aromatic heterocycles. The first-order valence-electron chi connectivity index (χ1n) is 7.17. The molecule has 3 nitrogen and oxygen atoms in total. The first kappa shape index (κ1) is 16.1. The summed E-state index contributed by atoms with van der Waals surface area (Å²) in [4.78, 5) is 2.00. The summed E-state index contributed by atoms with van der Waals surface area (Å²) in [6.45, 7) is 6.85. The summed E-state index contributed by atoms with van der Waals surface area (Å²) in [6.07, 6.45) is -2.83. The van der Waals surface area contributed by atoms with E-state index in [9.17, 15) is 13.2 Å². The summed E-state index contributed by atoms with van der Waals surface area (Å²) < 4.78 is 43.4. The minimum absolute atomic E-state index is 0.0602. The van der Waals surface area contributed by atoms with Gasteiger partial charge in [0.25, 0.3) is 0 Å². The topological polar surface area (TPSA) is 28.4 Å². The van der Waals surface area contributed by atoms with Crippen LogP contribution in [0.15, 0.2) is 22.1 Å². The van der Waals surface area contributed by atoms with E-state index in [1.807, 2.05) is 24.8 Å². The van der Waals surface area contributed by atoms with Gasteiger partial charge in [0, 0.05) is 30.8 Å². The third-order valence-electron chi connectivity index (χ3n) is 3.67. The third kappa shape index (κ3) is 4.35. The minimum Gasteiger partial charge on any atom is -0.465 e. The number of nitrogens with zero attached hydrogens (tertiary/aromatic N) is 1. The number of nitrogens with one attached hydrogen (secondary N) is 1. The second-order valence-corrected chi connectivity index (χ2v) is 5.29. The highest BCUT2D eigenvalue weighted by Crippen LogP contribution is 2.30. The Kier molecular flexibility index (Phi) is 5.11. The molecule has 1 aliphatic heterocycles. The second kappa shape index (κ2) is 6.66. The lowest BCUT2D eigenvalue weighted by Gasteiger charge is -2.26. The average Bonchev–Trinajstić information content (AvgIpc) is 2.76. The molecule has 0 atom stereocenters. The molecule has 1 aromatic rings. The van der Waals surface area contributed by atoms with Crippen LogP contribution in [-0.2, 0) is 13.1 Å². The summed E-state index contributed by atoms with van der Waals surface area (Å²) in [6, 6.07) is 1.99. The largest absolute Gasteiger partial charge is 0.465 e. The predicted octanol–water partition coefficient (Wildman–Crippen LogP) is 3.39. The first-order chi connectivity index (χ1) is 9.90. The van der Waals surface area contributed by atoms with Crippen molar-refractivity contribution >= 4 is 0 Å². The van der Waals surface area contributed by atoms with Gasteiger partial charge >= 0.3 is 6.18 Å². The van der Waals surface area contributed by atoms with Crippen LogP contribution in [-0.4, -0.2) is 30.7 Å². The van der Waals surface area contributed by atoms with Crippen molar-refractivity contribution in [3.8, 4) is 0 Å². The number of furan rings is 1. The van der Waals surface area contributed by atoms with Gasteiger partial charge in [-0.3, -0.25) is 4.90 Å². The summed E-state index contributed by atoms with van der Waals surface area (Å²) in [5.41, 5.74) is 0.641. The highest BCUT2D eigenvalue weighted by molar-refractivity contribution is 5.22. The molecule has 0 bridgehead atoms. The van der Waals surface area contributed by atoms with Crippen LogP contribution in [0.2, 0.25) is 0 Å². The SMILES string of the molecule is CCNCc1cc(CN2CC=C(C(F)(F)F)CC2)c(C)o1. The maximum Gasteiger partial charge on any atom is 0.412 e. The van der Waals surface area contributed by atoms with Gasteiger partial charge in [0.1, 0.15) is 11.5 Å². The van der Waals surface area contributed by atoms with E-state index in [0.29, 0.717) is 26.2 Å². The van der Waals surface area contributed by atoms with Gasteiger partial charge in [0.05, 0.1) is 6.54 Å². The fourth-order valence-electron chi connectivity index (χ4n) is 2.43. The van der Waals surface area contributed by atoms with E-state index < -0.39 is 11.7 Å². The number of rotatable bonds is 5. The molecule has 0 radical (unpaired) electrons. The van der Waals surface area contributed by atoms with Crippen molar-refractivity contribution in [2.75, 3.05) is 19.6 Å². The smallest absolute Gasteiger partial charge is 0.412 e. The van der Waals surface area contributed by atoms with Gasteiger partial charge < -0.3 is 9.73 Å². The highest BCUT2D eigenvalue weighted by Gasteiger charge is 2.34. The van der Waals surface area contributed by atoms with Gasteiger partial charge in [-0.25, -0.2) is 0 Å². The standard InChI is InChI=1S/C15H21F3N2O/c1-3-19-9-14-8-12(11(2)21-14)10-20-6-4-13(5-7-20)15(16,17)18/h4,8,19H,3,5-7,9-10H2,1-2H3. The fourth-order valence-corrected chi connectivity index (χ4v) is 2.43. The van der Waals surface area contributed by atoms with Crippen molar-refractivity contribution in [2.45, 2.75) is 39.5 Å². The number of hydrogen-bond acceptors (Lipinski definition) is 3. The molecule has 0 aromatic carbocycles. The molecule has 1 N–H and O–H groups in total. The van der Waals surface area contributed by atoms with Gasteiger partial charge in [-0.2, -0.15) is 13.2 Å². The lowest BCUT2D eigenvalue weighted by molar-refractivity contribution is -0.0960. The normalized spacial score (nSPS) is 17.1. The molecule has 118 valence electrons. The molecule has 2 heterocycles. The van der Waals surface area contributed by atoms with E-state index in [1.54, 1.807) is 0 Å². The van der Waals surface area contributed by atoms with Crippen LogP contribution in [0.1, 0.15) is 30.4 Å². The van der Waals surface area contributed by atoms with Gasteiger partial charge in [-0.05, 0) is 26.0 Å². The Morgan fingerprint density at radius 1 is 1.38 bits per heavy atom. The van der Waals surface area contributed by atoms with Crippen LogP contribution < -0.4 is 5.32 Å². The van der Waals surface area contributed by atoms with Crippen LogP contribution in [0, 0.1) is 6.92 Å². The van der Waals surface area contributed by atoms with Crippen molar-refractivity contribution in [2.24, 2.45) is 0 Å². The Morgan fingerprint density at radius 2 is 2.14 bits per heavy atom. The maximum absolute atomic E-state index is 12.6. The molecular weight excluding hydrogens is 281 g/mol. The van der Waals surface area contributed by atoms with Crippen molar-refractivity contribution in [1.82, 2.24) is 10.2 Å². The van der Waals surface area contributed by atoms with Gasteiger partial charge in [0.15, 0.2) is 0 Å². The Bertz CT molecular complexity index is 506. The predicted molar refractivity (Wildman–Crippen MR) is 74.9 cm³/mol. The zero-order chi connectivity index (χ0) is 15.5. The number of aryl methyl sites for hydroxylation is 1. The van der Waals surface area contributed by atoms with Gasteiger partial charge in [-0.15, -0.1) is 0 Å². The Morgan fingerprint density at radius 3 is 2.71 bits per heavy atom. The molecule has 0 unspecified atom stereocenters. The van der Waals surface area contributed by atoms with Crippen LogP contribution in [0.3, 0.4) is 0 Å².